The monoisotopic (exact) mass is 620 g/mol. The van der Waals surface area contributed by atoms with Gasteiger partial charge in [-0.2, -0.15) is 0 Å². The van der Waals surface area contributed by atoms with Crippen LogP contribution < -0.4 is 10.2 Å². The minimum atomic E-state index is -1.34. The molecule has 0 unspecified atom stereocenters. The molecular formula is C34H34F2N2O7. The van der Waals surface area contributed by atoms with Crippen LogP contribution in [0.15, 0.2) is 59.0 Å². The number of carbonyl (C=O) groups is 3. The molecule has 45 heavy (non-hydrogen) atoms. The Balaban J connectivity index is 1.31. The van der Waals surface area contributed by atoms with Gasteiger partial charge in [-0.1, -0.05) is 6.07 Å². The van der Waals surface area contributed by atoms with Gasteiger partial charge in [0, 0.05) is 36.3 Å². The highest BCUT2D eigenvalue weighted by atomic mass is 19.1. The number of ketones is 1. The second-order valence-electron chi connectivity index (χ2n) is 11.0. The lowest BCUT2D eigenvalue weighted by Gasteiger charge is -2.26. The van der Waals surface area contributed by atoms with Crippen molar-refractivity contribution < 1.29 is 42.2 Å². The molecule has 4 aromatic rings. The number of hydrogen-bond acceptors (Lipinski definition) is 7. The number of benzene rings is 3. The van der Waals surface area contributed by atoms with Gasteiger partial charge in [-0.25, -0.2) is 13.6 Å². The Morgan fingerprint density at radius 3 is 2.40 bits per heavy atom. The summed E-state index contributed by atoms with van der Waals surface area (Å²) in [7, 11) is 1.55. The number of carboxylic acid groups (broad SMARTS) is 1. The molecule has 0 spiro atoms. The van der Waals surface area contributed by atoms with E-state index in [2.05, 4.69) is 5.32 Å². The number of ether oxygens (including phenoxy) is 2. The van der Waals surface area contributed by atoms with Crippen molar-refractivity contribution in [1.82, 2.24) is 5.32 Å². The average molecular weight is 621 g/mol. The lowest BCUT2D eigenvalue weighted by Crippen LogP contribution is -2.33. The van der Waals surface area contributed by atoms with E-state index in [1.165, 1.54) is 31.2 Å². The van der Waals surface area contributed by atoms with E-state index in [-0.39, 0.29) is 44.0 Å². The molecule has 1 fully saturated rings. The number of rotatable bonds is 15. The van der Waals surface area contributed by atoms with Gasteiger partial charge in [0.25, 0.3) is 5.91 Å². The minimum absolute atomic E-state index is 0.0299. The minimum Gasteiger partial charge on any atom is -0.478 e. The molecule has 1 heterocycles. The summed E-state index contributed by atoms with van der Waals surface area (Å²) >= 11 is 0. The van der Waals surface area contributed by atoms with Crippen LogP contribution in [0.5, 0.6) is 0 Å². The first-order valence-electron chi connectivity index (χ1n) is 14.7. The van der Waals surface area contributed by atoms with Crippen LogP contribution in [-0.4, -0.2) is 62.7 Å². The second kappa shape index (κ2) is 14.0. The van der Waals surface area contributed by atoms with Gasteiger partial charge >= 0.3 is 5.97 Å². The van der Waals surface area contributed by atoms with Gasteiger partial charge in [0.1, 0.15) is 28.8 Å². The lowest BCUT2D eigenvalue weighted by atomic mass is 9.99. The van der Waals surface area contributed by atoms with E-state index in [9.17, 15) is 23.2 Å². The third kappa shape index (κ3) is 7.55. The molecule has 2 N–H and O–H groups in total. The Morgan fingerprint density at radius 2 is 1.73 bits per heavy atom. The normalized spacial score (nSPS) is 12.8. The number of furan rings is 1. The Bertz CT molecular complexity index is 1710. The zero-order valence-corrected chi connectivity index (χ0v) is 25.0. The predicted molar refractivity (Wildman–Crippen MR) is 164 cm³/mol. The highest BCUT2D eigenvalue weighted by Gasteiger charge is 2.31. The number of carboxylic acids is 1. The van der Waals surface area contributed by atoms with Crippen molar-refractivity contribution >= 4 is 34.3 Å². The summed E-state index contributed by atoms with van der Waals surface area (Å²) in [6.45, 7) is 2.95. The van der Waals surface area contributed by atoms with Crippen LogP contribution >= 0.6 is 0 Å². The molecule has 1 saturated carbocycles. The SMILES string of the molecule is CNC(=O)c1c(-c2ccc(F)cc2)oc2cc(N(CCOCCOCc3ccc(F)c(C(=O)O)c3)CC(C)=O)c(C3CC3)cc12. The number of fused-ring (bicyclic) bond motifs is 1. The van der Waals surface area contributed by atoms with Crippen LogP contribution in [0.3, 0.4) is 0 Å². The predicted octanol–water partition coefficient (Wildman–Crippen LogP) is 5.94. The summed E-state index contributed by atoms with van der Waals surface area (Å²) in [6, 6.07) is 13.4. The van der Waals surface area contributed by atoms with Gasteiger partial charge in [-0.15, -0.1) is 0 Å². The topological polar surface area (TPSA) is 118 Å². The molecule has 9 nitrogen and oxygen atoms in total. The number of nitrogens with one attached hydrogen (secondary N) is 1. The zero-order valence-electron chi connectivity index (χ0n) is 25.0. The molecule has 1 aliphatic rings. The Hall–Kier alpha value is -4.61. The Kier molecular flexibility index (Phi) is 9.90. The van der Waals surface area contributed by atoms with E-state index in [0.717, 1.165) is 30.2 Å². The van der Waals surface area contributed by atoms with E-state index in [0.29, 0.717) is 46.6 Å². The van der Waals surface area contributed by atoms with E-state index in [1.54, 1.807) is 19.2 Å². The van der Waals surface area contributed by atoms with Crippen LogP contribution in [0, 0.1) is 11.6 Å². The van der Waals surface area contributed by atoms with Crippen LogP contribution in [-0.2, 0) is 20.9 Å². The molecule has 1 amide bonds. The number of halogens is 2. The number of aromatic carboxylic acids is 1. The molecule has 0 bridgehead atoms. The molecule has 0 atom stereocenters. The molecule has 236 valence electrons. The van der Waals surface area contributed by atoms with Crippen LogP contribution in [0.1, 0.15) is 57.5 Å². The maximum absolute atomic E-state index is 13.6. The highest BCUT2D eigenvalue weighted by Crippen LogP contribution is 2.47. The van der Waals surface area contributed by atoms with Gasteiger partial charge in [-0.05, 0) is 79.3 Å². The number of Topliss-reactive ketones (excluding diaryl/α,β-unsaturated/α-hetero) is 1. The van der Waals surface area contributed by atoms with Crippen molar-refractivity contribution in [2.45, 2.75) is 32.3 Å². The van der Waals surface area contributed by atoms with E-state index in [1.807, 2.05) is 17.0 Å². The largest absolute Gasteiger partial charge is 0.478 e. The molecule has 1 aliphatic carbocycles. The zero-order chi connectivity index (χ0) is 32.1. The Labute approximate surface area is 258 Å². The number of hydrogen-bond donors (Lipinski definition) is 2. The summed E-state index contributed by atoms with van der Waals surface area (Å²) in [5.41, 5.74) is 3.38. The number of nitrogens with zero attached hydrogens (tertiary/aromatic N) is 1. The van der Waals surface area contributed by atoms with Crippen LogP contribution in [0.2, 0.25) is 0 Å². The average Bonchev–Trinajstić information content (AvgIpc) is 3.80. The summed E-state index contributed by atoms with van der Waals surface area (Å²) in [5.74, 6) is -2.28. The fourth-order valence-electron chi connectivity index (χ4n) is 5.26. The maximum Gasteiger partial charge on any atom is 0.338 e. The Morgan fingerprint density at radius 1 is 1.00 bits per heavy atom. The van der Waals surface area contributed by atoms with Crippen LogP contribution in [0.4, 0.5) is 14.5 Å². The third-order valence-corrected chi connectivity index (χ3v) is 7.58. The van der Waals surface area contributed by atoms with Crippen molar-refractivity contribution in [3.8, 4) is 11.3 Å². The molecule has 3 aromatic carbocycles. The standard InChI is InChI=1S/C34H34F2N2O7/c1-20(39)18-38(11-12-43-13-14-44-19-21-3-10-28(36)26(15-21)34(41)42)29-17-30-27(16-25(29)22-4-5-22)31(33(40)37-2)32(45-30)23-6-8-24(35)9-7-23/h3,6-10,15-17,22H,4-5,11-14,18-19H2,1-2H3,(H,37,40)(H,41,42). The molecule has 0 saturated heterocycles. The molecule has 11 heteroatoms. The lowest BCUT2D eigenvalue weighted by molar-refractivity contribution is -0.115. The summed E-state index contributed by atoms with van der Waals surface area (Å²) in [4.78, 5) is 38.4. The van der Waals surface area contributed by atoms with Crippen molar-refractivity contribution in [1.29, 1.82) is 0 Å². The van der Waals surface area contributed by atoms with E-state index in [4.69, 9.17) is 19.0 Å². The van der Waals surface area contributed by atoms with Gasteiger partial charge in [-0.3, -0.25) is 9.59 Å². The summed E-state index contributed by atoms with van der Waals surface area (Å²) in [5, 5.41) is 12.4. The van der Waals surface area contributed by atoms with Crippen LogP contribution in [0.25, 0.3) is 22.3 Å². The first-order chi connectivity index (χ1) is 21.7. The molecule has 0 radical (unpaired) electrons. The van der Waals surface area contributed by atoms with E-state index < -0.39 is 23.2 Å². The fourth-order valence-corrected chi connectivity index (χ4v) is 5.26. The second-order valence-corrected chi connectivity index (χ2v) is 11.0. The number of amides is 1. The van der Waals surface area contributed by atoms with Crippen molar-refractivity contribution in [2.24, 2.45) is 0 Å². The maximum atomic E-state index is 13.6. The summed E-state index contributed by atoms with van der Waals surface area (Å²) < 4.78 is 44.9. The number of anilines is 1. The van der Waals surface area contributed by atoms with Gasteiger partial charge in [0.05, 0.1) is 44.1 Å². The van der Waals surface area contributed by atoms with Crippen molar-refractivity contribution in [2.75, 3.05) is 44.9 Å². The van der Waals surface area contributed by atoms with E-state index >= 15 is 0 Å². The first-order valence-corrected chi connectivity index (χ1v) is 14.7. The smallest absolute Gasteiger partial charge is 0.338 e. The highest BCUT2D eigenvalue weighted by molar-refractivity contribution is 6.12. The van der Waals surface area contributed by atoms with Gasteiger partial charge < -0.3 is 29.2 Å². The summed E-state index contributed by atoms with van der Waals surface area (Å²) in [6.07, 6.45) is 1.97. The molecular weight excluding hydrogens is 586 g/mol. The van der Waals surface area contributed by atoms with Gasteiger partial charge in [0.2, 0.25) is 0 Å². The molecule has 5 rings (SSSR count). The van der Waals surface area contributed by atoms with Crippen molar-refractivity contribution in [3.05, 3.63) is 88.5 Å². The van der Waals surface area contributed by atoms with Crippen molar-refractivity contribution in [3.63, 3.8) is 0 Å². The fraction of sp³-hybridized carbons (Fsp3) is 0.324. The first kappa shape index (κ1) is 31.8. The molecule has 1 aromatic heterocycles. The number of carbonyl (C=O) groups excluding carboxylic acids is 2. The molecule has 0 aliphatic heterocycles. The third-order valence-electron chi connectivity index (χ3n) is 7.58. The quantitative estimate of drug-likeness (QED) is 0.157. The van der Waals surface area contributed by atoms with Gasteiger partial charge in [0.15, 0.2) is 0 Å².